The van der Waals surface area contributed by atoms with E-state index in [4.69, 9.17) is 24.3 Å². The van der Waals surface area contributed by atoms with E-state index in [2.05, 4.69) is 17.0 Å². The highest BCUT2D eigenvalue weighted by atomic mass is 16.6. The Bertz CT molecular complexity index is 1240. The predicted octanol–water partition coefficient (Wildman–Crippen LogP) is 3.70. The fourth-order valence-corrected chi connectivity index (χ4v) is 3.72. The van der Waals surface area contributed by atoms with E-state index in [1.54, 1.807) is 0 Å². The maximum Gasteiger partial charge on any atom is 0.162 e. The van der Waals surface area contributed by atoms with Crippen LogP contribution in [0.3, 0.4) is 0 Å². The lowest BCUT2D eigenvalue weighted by Gasteiger charge is -2.19. The molecule has 32 heavy (non-hydrogen) atoms. The molecule has 3 heterocycles. The second-order valence-corrected chi connectivity index (χ2v) is 8.04. The second kappa shape index (κ2) is 8.88. The number of ether oxygens (including phenoxy) is 3. The molecule has 1 aliphatic rings. The Kier molecular flexibility index (Phi) is 5.64. The van der Waals surface area contributed by atoms with Crippen molar-refractivity contribution in [3.8, 4) is 28.5 Å². The molecule has 2 aromatic carbocycles. The Balaban J connectivity index is 1.39. The van der Waals surface area contributed by atoms with Crippen LogP contribution in [0.5, 0.6) is 17.2 Å². The van der Waals surface area contributed by atoms with Crippen molar-refractivity contribution in [1.82, 2.24) is 19.5 Å². The van der Waals surface area contributed by atoms with Crippen LogP contribution >= 0.6 is 0 Å². The zero-order valence-electron chi connectivity index (χ0n) is 18.3. The van der Waals surface area contributed by atoms with E-state index in [0.717, 1.165) is 52.1 Å². The molecule has 0 bridgehead atoms. The molecule has 7 heteroatoms. The maximum absolute atomic E-state index is 5.87. The minimum absolute atomic E-state index is 0.562. The Morgan fingerprint density at radius 1 is 0.969 bits per heavy atom. The topological polar surface area (TPSA) is 61.1 Å². The van der Waals surface area contributed by atoms with E-state index in [-0.39, 0.29) is 0 Å². The normalized spacial score (nSPS) is 13.0. The van der Waals surface area contributed by atoms with Gasteiger partial charge in [-0.1, -0.05) is 18.2 Å². The quantitative estimate of drug-likeness (QED) is 0.446. The summed E-state index contributed by atoms with van der Waals surface area (Å²) in [5.41, 5.74) is 3.89. The summed E-state index contributed by atoms with van der Waals surface area (Å²) >= 11 is 0. The van der Waals surface area contributed by atoms with Crippen LogP contribution in [-0.4, -0.2) is 60.0 Å². The molecule has 7 nitrogen and oxygen atoms in total. The number of nitrogens with zero attached hydrogens (tertiary/aromatic N) is 4. The molecule has 4 aromatic rings. The van der Waals surface area contributed by atoms with Crippen molar-refractivity contribution >= 4 is 5.65 Å². The van der Waals surface area contributed by atoms with Crippen LogP contribution in [0.1, 0.15) is 11.4 Å². The molecule has 0 radical (unpaired) electrons. The summed E-state index contributed by atoms with van der Waals surface area (Å²) in [5, 5.41) is 4.80. The lowest BCUT2D eigenvalue weighted by atomic mass is 10.1. The molecule has 0 N–H and O–H groups in total. The zero-order chi connectivity index (χ0) is 21.9. The first-order chi connectivity index (χ1) is 15.7. The molecule has 0 saturated carbocycles. The van der Waals surface area contributed by atoms with Crippen molar-refractivity contribution in [2.45, 2.75) is 6.42 Å². The number of hydrogen-bond donors (Lipinski definition) is 0. The summed E-state index contributed by atoms with van der Waals surface area (Å²) in [6, 6.07) is 20.1. The van der Waals surface area contributed by atoms with Gasteiger partial charge in [-0.3, -0.25) is 0 Å². The number of benzene rings is 2. The van der Waals surface area contributed by atoms with Gasteiger partial charge in [0, 0.05) is 18.5 Å². The number of fused-ring (bicyclic) bond motifs is 2. The fraction of sp³-hybridized carbons (Fsp3) is 0.280. The molecule has 2 aromatic heterocycles. The smallest absolute Gasteiger partial charge is 0.162 e. The number of hydrogen-bond acceptors (Lipinski definition) is 6. The molecule has 0 fully saturated rings. The Morgan fingerprint density at radius 2 is 1.81 bits per heavy atom. The first-order valence-corrected chi connectivity index (χ1v) is 10.8. The third-order valence-electron chi connectivity index (χ3n) is 5.31. The van der Waals surface area contributed by atoms with Crippen LogP contribution in [0.25, 0.3) is 16.9 Å². The van der Waals surface area contributed by atoms with Crippen LogP contribution < -0.4 is 14.2 Å². The molecule has 0 saturated heterocycles. The van der Waals surface area contributed by atoms with E-state index in [0.29, 0.717) is 26.2 Å². The standard InChI is InChI=1S/C25H26N4O3/c1-28(2)11-12-30-20-6-3-5-18(15-20)16-24-26-25-8-4-7-21(29(25)27-24)19-9-10-22-23(17-19)32-14-13-31-22/h3-10,15,17H,11-14,16H2,1-2H3. The summed E-state index contributed by atoms with van der Waals surface area (Å²) in [7, 11) is 4.07. The van der Waals surface area contributed by atoms with Gasteiger partial charge in [-0.05, 0) is 62.1 Å². The summed E-state index contributed by atoms with van der Waals surface area (Å²) in [4.78, 5) is 6.85. The monoisotopic (exact) mass is 430 g/mol. The highest BCUT2D eigenvalue weighted by Gasteiger charge is 2.15. The SMILES string of the molecule is CN(C)CCOc1cccc(Cc2nc3cccc(-c4ccc5c(c4)OCCO5)n3n2)c1. The van der Waals surface area contributed by atoms with Crippen LogP contribution in [0.15, 0.2) is 60.7 Å². The van der Waals surface area contributed by atoms with Crippen LogP contribution in [-0.2, 0) is 6.42 Å². The number of likely N-dealkylation sites (N-methyl/N-ethyl adjacent to an activating group) is 1. The molecule has 164 valence electrons. The van der Waals surface area contributed by atoms with Gasteiger partial charge < -0.3 is 19.1 Å². The Labute approximate surface area is 187 Å². The molecule has 0 spiro atoms. The van der Waals surface area contributed by atoms with Gasteiger partial charge in [0.1, 0.15) is 25.6 Å². The highest BCUT2D eigenvalue weighted by molar-refractivity contribution is 5.66. The van der Waals surface area contributed by atoms with E-state index < -0.39 is 0 Å². The van der Waals surface area contributed by atoms with E-state index in [1.165, 1.54) is 0 Å². The Morgan fingerprint density at radius 3 is 2.69 bits per heavy atom. The molecule has 0 aliphatic carbocycles. The van der Waals surface area contributed by atoms with E-state index in [9.17, 15) is 0 Å². The van der Waals surface area contributed by atoms with Crippen molar-refractivity contribution in [2.24, 2.45) is 0 Å². The van der Waals surface area contributed by atoms with Crippen LogP contribution in [0, 0.1) is 0 Å². The Hall–Kier alpha value is -3.58. The van der Waals surface area contributed by atoms with E-state index in [1.807, 2.05) is 67.1 Å². The van der Waals surface area contributed by atoms with Crippen molar-refractivity contribution in [3.05, 3.63) is 72.1 Å². The van der Waals surface area contributed by atoms with Gasteiger partial charge in [0.25, 0.3) is 0 Å². The molecular formula is C25H26N4O3. The van der Waals surface area contributed by atoms with Gasteiger partial charge in [-0.25, -0.2) is 9.50 Å². The van der Waals surface area contributed by atoms with Gasteiger partial charge in [-0.2, -0.15) is 5.10 Å². The minimum Gasteiger partial charge on any atom is -0.492 e. The molecule has 0 unspecified atom stereocenters. The van der Waals surface area contributed by atoms with Gasteiger partial charge in [0.15, 0.2) is 23.0 Å². The summed E-state index contributed by atoms with van der Waals surface area (Å²) in [5.74, 6) is 3.17. The lowest BCUT2D eigenvalue weighted by Crippen LogP contribution is -2.19. The van der Waals surface area contributed by atoms with Crippen LogP contribution in [0.4, 0.5) is 0 Å². The average molecular weight is 431 g/mol. The number of rotatable bonds is 7. The largest absolute Gasteiger partial charge is 0.492 e. The van der Waals surface area contributed by atoms with Crippen molar-refractivity contribution < 1.29 is 14.2 Å². The lowest BCUT2D eigenvalue weighted by molar-refractivity contribution is 0.171. The third kappa shape index (κ3) is 4.38. The summed E-state index contributed by atoms with van der Waals surface area (Å²) in [6.45, 7) is 2.67. The van der Waals surface area contributed by atoms with Gasteiger partial charge >= 0.3 is 0 Å². The van der Waals surface area contributed by atoms with Gasteiger partial charge in [-0.15, -0.1) is 0 Å². The van der Waals surface area contributed by atoms with Gasteiger partial charge in [0.05, 0.1) is 5.69 Å². The van der Waals surface area contributed by atoms with Gasteiger partial charge in [0.2, 0.25) is 0 Å². The summed E-state index contributed by atoms with van der Waals surface area (Å²) < 4.78 is 19.1. The molecule has 0 atom stereocenters. The van der Waals surface area contributed by atoms with E-state index >= 15 is 0 Å². The molecule has 5 rings (SSSR count). The molecule has 0 amide bonds. The first-order valence-electron chi connectivity index (χ1n) is 10.8. The fourth-order valence-electron chi connectivity index (χ4n) is 3.72. The molecular weight excluding hydrogens is 404 g/mol. The van der Waals surface area contributed by atoms with Crippen LogP contribution in [0.2, 0.25) is 0 Å². The van der Waals surface area contributed by atoms with Crippen molar-refractivity contribution in [2.75, 3.05) is 40.5 Å². The first kappa shape index (κ1) is 20.3. The van der Waals surface area contributed by atoms with Crippen molar-refractivity contribution in [1.29, 1.82) is 0 Å². The highest BCUT2D eigenvalue weighted by Crippen LogP contribution is 2.34. The number of aromatic nitrogens is 3. The minimum atomic E-state index is 0.562. The third-order valence-corrected chi connectivity index (χ3v) is 5.31. The van der Waals surface area contributed by atoms with Crippen molar-refractivity contribution in [3.63, 3.8) is 0 Å². The zero-order valence-corrected chi connectivity index (χ0v) is 18.3. The summed E-state index contributed by atoms with van der Waals surface area (Å²) in [6.07, 6.45) is 0.632. The number of pyridine rings is 1. The predicted molar refractivity (Wildman–Crippen MR) is 123 cm³/mol. The average Bonchev–Trinajstić information content (AvgIpc) is 3.21. The molecule has 1 aliphatic heterocycles. The second-order valence-electron chi connectivity index (χ2n) is 8.04. The maximum atomic E-state index is 5.87.